The maximum absolute atomic E-state index is 12.3. The minimum absolute atomic E-state index is 0.215. The highest BCUT2D eigenvalue weighted by Gasteiger charge is 2.14. The van der Waals surface area contributed by atoms with Gasteiger partial charge in [0.25, 0.3) is 5.56 Å². The number of hydrogen-bond donors (Lipinski definition) is 1. The van der Waals surface area contributed by atoms with Gasteiger partial charge in [-0.05, 0) is 30.5 Å². The predicted octanol–water partition coefficient (Wildman–Crippen LogP) is 2.79. The Balaban J connectivity index is 1.74. The van der Waals surface area contributed by atoms with Crippen LogP contribution >= 0.6 is 11.3 Å². The van der Waals surface area contributed by atoms with Gasteiger partial charge in [-0.2, -0.15) is 0 Å². The molecule has 3 rings (SSSR count). The van der Waals surface area contributed by atoms with E-state index in [-0.39, 0.29) is 24.3 Å². The first-order valence-electron chi connectivity index (χ1n) is 8.25. The highest BCUT2D eigenvalue weighted by Crippen LogP contribution is 2.20. The first-order valence-corrected chi connectivity index (χ1v) is 9.13. The van der Waals surface area contributed by atoms with E-state index in [0.717, 1.165) is 4.88 Å². The molecule has 0 fully saturated rings. The number of para-hydroxylation sites is 1. The van der Waals surface area contributed by atoms with Gasteiger partial charge in [-0.25, -0.2) is 9.78 Å². The zero-order valence-electron chi connectivity index (χ0n) is 14.5. The van der Waals surface area contributed by atoms with Crippen molar-refractivity contribution in [3.63, 3.8) is 0 Å². The van der Waals surface area contributed by atoms with E-state index in [1.54, 1.807) is 31.2 Å². The summed E-state index contributed by atoms with van der Waals surface area (Å²) in [6.45, 7) is 1.73. The molecule has 7 nitrogen and oxygen atoms in total. The number of nitrogens with zero attached hydrogens (tertiary/aromatic N) is 2. The Kier molecular flexibility index (Phi) is 5.77. The molecule has 1 N–H and O–H groups in total. The van der Waals surface area contributed by atoms with Gasteiger partial charge in [0.1, 0.15) is 6.54 Å². The van der Waals surface area contributed by atoms with Gasteiger partial charge in [-0.15, -0.1) is 11.3 Å². The molecule has 1 aromatic carbocycles. The van der Waals surface area contributed by atoms with Crippen LogP contribution in [0.3, 0.4) is 0 Å². The molecule has 2 heterocycles. The van der Waals surface area contributed by atoms with Crippen LogP contribution in [0.4, 0.5) is 5.69 Å². The van der Waals surface area contributed by atoms with Crippen LogP contribution in [-0.4, -0.2) is 28.0 Å². The molecule has 138 valence electrons. The minimum Gasteiger partial charge on any atom is -0.462 e. The van der Waals surface area contributed by atoms with Crippen LogP contribution in [0.25, 0.3) is 10.6 Å². The Labute approximate surface area is 159 Å². The van der Waals surface area contributed by atoms with E-state index < -0.39 is 11.9 Å². The Morgan fingerprint density at radius 2 is 2.04 bits per heavy atom. The Bertz CT molecular complexity index is 1010. The van der Waals surface area contributed by atoms with Gasteiger partial charge in [-0.1, -0.05) is 18.2 Å². The summed E-state index contributed by atoms with van der Waals surface area (Å²) in [5.41, 5.74) is 0.824. The first kappa shape index (κ1) is 18.5. The second-order valence-corrected chi connectivity index (χ2v) is 6.48. The predicted molar refractivity (Wildman–Crippen MR) is 103 cm³/mol. The van der Waals surface area contributed by atoms with Crippen LogP contribution in [0, 0.1) is 0 Å². The van der Waals surface area contributed by atoms with Crippen molar-refractivity contribution in [2.24, 2.45) is 0 Å². The number of hydrogen-bond acceptors (Lipinski definition) is 6. The maximum Gasteiger partial charge on any atom is 0.340 e. The number of carbonyl (C=O) groups is 2. The lowest BCUT2D eigenvalue weighted by Crippen LogP contribution is -2.28. The van der Waals surface area contributed by atoms with Crippen molar-refractivity contribution in [3.8, 4) is 10.6 Å². The summed E-state index contributed by atoms with van der Waals surface area (Å²) in [5, 5.41) is 4.54. The fourth-order valence-electron chi connectivity index (χ4n) is 2.43. The molecule has 27 heavy (non-hydrogen) atoms. The molecule has 1 amide bonds. The van der Waals surface area contributed by atoms with Gasteiger partial charge in [0.15, 0.2) is 0 Å². The first-order chi connectivity index (χ1) is 13.1. The fourth-order valence-corrected chi connectivity index (χ4v) is 3.12. The summed E-state index contributed by atoms with van der Waals surface area (Å²) in [4.78, 5) is 41.7. The molecule has 8 heteroatoms. The van der Waals surface area contributed by atoms with Gasteiger partial charge in [0.2, 0.25) is 5.91 Å². The lowest BCUT2D eigenvalue weighted by atomic mass is 10.2. The van der Waals surface area contributed by atoms with Crippen LogP contribution in [0.5, 0.6) is 0 Å². The van der Waals surface area contributed by atoms with Crippen molar-refractivity contribution in [1.82, 2.24) is 9.55 Å². The second-order valence-electron chi connectivity index (χ2n) is 5.53. The minimum atomic E-state index is -0.521. The third kappa shape index (κ3) is 4.48. The number of rotatable bonds is 6. The Morgan fingerprint density at radius 1 is 1.22 bits per heavy atom. The highest BCUT2D eigenvalue weighted by atomic mass is 32.1. The molecular formula is C19H17N3O4S. The zero-order valence-corrected chi connectivity index (χ0v) is 15.4. The molecule has 0 atom stereocenters. The molecule has 0 saturated carbocycles. The van der Waals surface area contributed by atoms with Gasteiger partial charge >= 0.3 is 5.97 Å². The third-order valence-electron chi connectivity index (χ3n) is 3.66. The Hall–Kier alpha value is -3.26. The number of esters is 1. The molecule has 0 aliphatic heterocycles. The molecule has 0 bridgehead atoms. The van der Waals surface area contributed by atoms with E-state index in [4.69, 9.17) is 4.74 Å². The molecule has 0 aliphatic carbocycles. The number of thiophene rings is 1. The molecule has 0 unspecified atom stereocenters. The standard InChI is InChI=1S/C19H17N3O4S/c1-2-26-19(25)13-6-3-4-7-14(13)21-17(23)11-22-12-20-15(10-18(22)24)16-8-5-9-27-16/h3-10,12H,2,11H2,1H3,(H,21,23). The Morgan fingerprint density at radius 3 is 2.74 bits per heavy atom. The van der Waals surface area contributed by atoms with Crippen molar-refractivity contribution in [3.05, 3.63) is 70.1 Å². The topological polar surface area (TPSA) is 90.3 Å². The van der Waals surface area contributed by atoms with E-state index >= 15 is 0 Å². The second kappa shape index (κ2) is 8.41. The maximum atomic E-state index is 12.3. The summed E-state index contributed by atoms with van der Waals surface area (Å²) in [7, 11) is 0. The normalized spacial score (nSPS) is 10.4. The smallest absolute Gasteiger partial charge is 0.340 e. The summed E-state index contributed by atoms with van der Waals surface area (Å²) in [6.07, 6.45) is 1.34. The van der Waals surface area contributed by atoms with Gasteiger partial charge in [0.05, 0.1) is 34.8 Å². The van der Waals surface area contributed by atoms with Crippen LogP contribution in [-0.2, 0) is 16.1 Å². The van der Waals surface area contributed by atoms with Crippen molar-refractivity contribution >= 4 is 28.9 Å². The number of amides is 1. The highest BCUT2D eigenvalue weighted by molar-refractivity contribution is 7.13. The van der Waals surface area contributed by atoms with Crippen molar-refractivity contribution in [2.45, 2.75) is 13.5 Å². The average Bonchev–Trinajstić information content (AvgIpc) is 3.19. The number of ether oxygens (including phenoxy) is 1. The number of anilines is 1. The number of benzene rings is 1. The van der Waals surface area contributed by atoms with E-state index in [1.807, 2.05) is 17.5 Å². The van der Waals surface area contributed by atoms with E-state index in [2.05, 4.69) is 10.3 Å². The quantitative estimate of drug-likeness (QED) is 0.661. The molecule has 0 spiro atoms. The molecular weight excluding hydrogens is 366 g/mol. The van der Waals surface area contributed by atoms with E-state index in [1.165, 1.54) is 28.3 Å². The third-order valence-corrected chi connectivity index (χ3v) is 4.56. The average molecular weight is 383 g/mol. The van der Waals surface area contributed by atoms with Crippen LogP contribution < -0.4 is 10.9 Å². The van der Waals surface area contributed by atoms with Crippen LogP contribution in [0.15, 0.2) is 59.0 Å². The monoisotopic (exact) mass is 383 g/mol. The lowest BCUT2D eigenvalue weighted by molar-refractivity contribution is -0.116. The summed E-state index contributed by atoms with van der Waals surface area (Å²) < 4.78 is 6.19. The van der Waals surface area contributed by atoms with E-state index in [0.29, 0.717) is 11.4 Å². The summed E-state index contributed by atoms with van der Waals surface area (Å²) in [6, 6.07) is 11.7. The van der Waals surface area contributed by atoms with Gasteiger partial charge in [-0.3, -0.25) is 14.2 Å². The van der Waals surface area contributed by atoms with E-state index in [9.17, 15) is 14.4 Å². The van der Waals surface area contributed by atoms with Gasteiger partial charge in [0, 0.05) is 6.07 Å². The van der Waals surface area contributed by atoms with Crippen molar-refractivity contribution < 1.29 is 14.3 Å². The summed E-state index contributed by atoms with van der Waals surface area (Å²) in [5.74, 6) is -0.966. The number of carbonyl (C=O) groups excluding carboxylic acids is 2. The largest absolute Gasteiger partial charge is 0.462 e. The lowest BCUT2D eigenvalue weighted by Gasteiger charge is -2.11. The van der Waals surface area contributed by atoms with Crippen LogP contribution in [0.1, 0.15) is 17.3 Å². The number of aromatic nitrogens is 2. The van der Waals surface area contributed by atoms with Gasteiger partial charge < -0.3 is 10.1 Å². The SMILES string of the molecule is CCOC(=O)c1ccccc1NC(=O)Cn1cnc(-c2cccs2)cc1=O. The molecule has 3 aromatic rings. The summed E-state index contributed by atoms with van der Waals surface area (Å²) >= 11 is 1.48. The molecule has 2 aromatic heterocycles. The zero-order chi connectivity index (χ0) is 19.2. The number of nitrogens with one attached hydrogen (secondary N) is 1. The molecule has 0 aliphatic rings. The molecule has 0 saturated heterocycles. The van der Waals surface area contributed by atoms with Crippen molar-refractivity contribution in [2.75, 3.05) is 11.9 Å². The van der Waals surface area contributed by atoms with Crippen molar-refractivity contribution in [1.29, 1.82) is 0 Å². The van der Waals surface area contributed by atoms with Crippen LogP contribution in [0.2, 0.25) is 0 Å². The fraction of sp³-hybridized carbons (Fsp3) is 0.158. The molecule has 0 radical (unpaired) electrons.